The van der Waals surface area contributed by atoms with Gasteiger partial charge in [0.15, 0.2) is 5.82 Å². The van der Waals surface area contributed by atoms with Crippen LogP contribution in [0.1, 0.15) is 25.6 Å². The van der Waals surface area contributed by atoms with Crippen molar-refractivity contribution in [2.24, 2.45) is 0 Å². The number of anilines is 1. The average Bonchev–Trinajstić information content (AvgIpc) is 3.11. The highest BCUT2D eigenvalue weighted by atomic mass is 32.2. The van der Waals surface area contributed by atoms with Crippen molar-refractivity contribution in [3.8, 4) is 0 Å². The fourth-order valence-corrected chi connectivity index (χ4v) is 4.69. The van der Waals surface area contributed by atoms with Gasteiger partial charge >= 0.3 is 0 Å². The highest BCUT2D eigenvalue weighted by Gasteiger charge is 2.35. The van der Waals surface area contributed by atoms with Crippen molar-refractivity contribution in [3.05, 3.63) is 30.1 Å². The molecular formula is C22H31N5O4S. The van der Waals surface area contributed by atoms with Crippen LogP contribution in [0, 0.1) is 0 Å². The third-order valence-corrected chi connectivity index (χ3v) is 6.86. The zero-order chi connectivity index (χ0) is 22.8. The number of piperidine rings is 1. The summed E-state index contributed by atoms with van der Waals surface area (Å²) in [6.45, 7) is 5.16. The van der Waals surface area contributed by atoms with Crippen molar-refractivity contribution in [2.45, 2.75) is 38.5 Å². The van der Waals surface area contributed by atoms with Gasteiger partial charge in [0.2, 0.25) is 0 Å². The Hall–Kier alpha value is -2.27. The molecule has 0 unspecified atom stereocenters. The Morgan fingerprint density at radius 1 is 1.22 bits per heavy atom. The van der Waals surface area contributed by atoms with E-state index in [4.69, 9.17) is 20.2 Å². The van der Waals surface area contributed by atoms with Crippen molar-refractivity contribution in [2.75, 3.05) is 44.0 Å². The Labute approximate surface area is 188 Å². The lowest BCUT2D eigenvalue weighted by molar-refractivity contribution is -0.0707. The Morgan fingerprint density at radius 3 is 2.69 bits per heavy atom. The molecule has 9 nitrogen and oxygen atoms in total. The standard InChI is InChI=1S/C22H31N5O4S/c1-3-30-14-18-26-19-20(16-6-4-5-7-17(16)25-21(19)23)27(18)15-22(8-10-24-11-9-22)31-12-13-32(2,28)29/h4-7,24H,3,8-15H2,1-2H3,(H2,23,25). The molecule has 1 saturated heterocycles. The average molecular weight is 462 g/mol. The SMILES string of the molecule is CCOCc1nc2c(N)nc3ccccc3c2n1CC1(OCCS(C)(=O)=O)CCNCC1. The van der Waals surface area contributed by atoms with Gasteiger partial charge in [-0.15, -0.1) is 0 Å². The van der Waals surface area contributed by atoms with Crippen LogP contribution in [-0.4, -0.2) is 66.9 Å². The second-order valence-corrected chi connectivity index (χ2v) is 10.6. The lowest BCUT2D eigenvalue weighted by Crippen LogP contribution is -2.47. The summed E-state index contributed by atoms with van der Waals surface area (Å²) in [6, 6.07) is 7.87. The minimum absolute atomic E-state index is 0.00153. The number of nitrogens with one attached hydrogen (secondary N) is 1. The molecule has 174 valence electrons. The number of fused-ring (bicyclic) bond motifs is 3. The van der Waals surface area contributed by atoms with Crippen molar-refractivity contribution < 1.29 is 17.9 Å². The summed E-state index contributed by atoms with van der Waals surface area (Å²) in [5.41, 5.74) is 8.15. The Kier molecular flexibility index (Phi) is 6.66. The first-order valence-electron chi connectivity index (χ1n) is 11.0. The van der Waals surface area contributed by atoms with Crippen LogP contribution >= 0.6 is 0 Å². The lowest BCUT2D eigenvalue weighted by atomic mass is 9.91. The maximum absolute atomic E-state index is 11.7. The molecule has 32 heavy (non-hydrogen) atoms. The first kappa shape index (κ1) is 22.9. The maximum Gasteiger partial charge on any atom is 0.152 e. The Bertz CT molecular complexity index is 1200. The van der Waals surface area contributed by atoms with Crippen LogP contribution in [0.25, 0.3) is 21.9 Å². The van der Waals surface area contributed by atoms with E-state index in [2.05, 4.69) is 14.9 Å². The zero-order valence-electron chi connectivity index (χ0n) is 18.6. The van der Waals surface area contributed by atoms with Crippen LogP contribution in [0.3, 0.4) is 0 Å². The van der Waals surface area contributed by atoms with E-state index in [9.17, 15) is 8.42 Å². The molecule has 1 fully saturated rings. The van der Waals surface area contributed by atoms with Crippen LogP contribution in [0.2, 0.25) is 0 Å². The fraction of sp³-hybridized carbons (Fsp3) is 0.545. The van der Waals surface area contributed by atoms with Gasteiger partial charge in [-0.05, 0) is 38.9 Å². The number of benzene rings is 1. The van der Waals surface area contributed by atoms with E-state index in [1.165, 1.54) is 6.26 Å². The van der Waals surface area contributed by atoms with Crippen LogP contribution in [0.15, 0.2) is 24.3 Å². The molecule has 1 aromatic carbocycles. The molecule has 0 spiro atoms. The molecule has 3 aromatic rings. The number of hydrogen-bond acceptors (Lipinski definition) is 8. The molecule has 1 aliphatic rings. The number of nitrogens with two attached hydrogens (primary N) is 1. The van der Waals surface area contributed by atoms with Gasteiger partial charge in [-0.25, -0.2) is 18.4 Å². The van der Waals surface area contributed by atoms with Gasteiger partial charge in [0.25, 0.3) is 0 Å². The summed E-state index contributed by atoms with van der Waals surface area (Å²) in [5, 5.41) is 4.34. The molecule has 3 heterocycles. The van der Waals surface area contributed by atoms with Gasteiger partial charge in [0.05, 0.1) is 35.5 Å². The molecule has 0 atom stereocenters. The van der Waals surface area contributed by atoms with Crippen molar-refractivity contribution in [3.63, 3.8) is 0 Å². The smallest absolute Gasteiger partial charge is 0.152 e. The second-order valence-electron chi connectivity index (χ2n) is 8.37. The van der Waals surface area contributed by atoms with Crippen molar-refractivity contribution in [1.82, 2.24) is 19.9 Å². The third kappa shape index (κ3) is 4.88. The van der Waals surface area contributed by atoms with E-state index in [1.807, 2.05) is 31.2 Å². The van der Waals surface area contributed by atoms with E-state index in [-0.39, 0.29) is 12.4 Å². The normalized spacial score (nSPS) is 16.7. The van der Waals surface area contributed by atoms with Crippen LogP contribution in [0.5, 0.6) is 0 Å². The molecule has 0 aliphatic carbocycles. The van der Waals surface area contributed by atoms with Crippen LogP contribution in [-0.2, 0) is 32.5 Å². The fourth-order valence-electron chi connectivity index (χ4n) is 4.31. The predicted molar refractivity (Wildman–Crippen MR) is 125 cm³/mol. The van der Waals surface area contributed by atoms with Crippen LogP contribution < -0.4 is 11.1 Å². The third-order valence-electron chi connectivity index (χ3n) is 5.95. The van der Waals surface area contributed by atoms with Gasteiger partial charge in [0, 0.05) is 18.2 Å². The molecule has 10 heteroatoms. The van der Waals surface area contributed by atoms with Crippen molar-refractivity contribution in [1.29, 1.82) is 0 Å². The number of para-hydroxylation sites is 1. The van der Waals surface area contributed by atoms with E-state index < -0.39 is 15.4 Å². The van der Waals surface area contributed by atoms with Crippen molar-refractivity contribution >= 4 is 37.6 Å². The zero-order valence-corrected chi connectivity index (χ0v) is 19.5. The largest absolute Gasteiger partial charge is 0.382 e. The number of aromatic nitrogens is 3. The molecule has 2 aromatic heterocycles. The number of rotatable bonds is 9. The van der Waals surface area contributed by atoms with Gasteiger partial charge in [0.1, 0.15) is 27.8 Å². The van der Waals surface area contributed by atoms with Gasteiger partial charge in [-0.3, -0.25) is 0 Å². The molecule has 4 rings (SSSR count). The number of imidazole rings is 1. The summed E-state index contributed by atoms with van der Waals surface area (Å²) in [7, 11) is -3.11. The molecule has 1 aliphatic heterocycles. The topological polar surface area (TPSA) is 121 Å². The highest BCUT2D eigenvalue weighted by molar-refractivity contribution is 7.90. The minimum atomic E-state index is -3.11. The second kappa shape index (κ2) is 9.30. The summed E-state index contributed by atoms with van der Waals surface area (Å²) < 4.78 is 37.5. The number of ether oxygens (including phenoxy) is 2. The quantitative estimate of drug-likeness (QED) is 0.495. The lowest BCUT2D eigenvalue weighted by Gasteiger charge is -2.38. The molecule has 3 N–H and O–H groups in total. The Balaban J connectivity index is 1.81. The Morgan fingerprint density at radius 2 is 1.97 bits per heavy atom. The van der Waals surface area contributed by atoms with Gasteiger partial charge < -0.3 is 25.1 Å². The maximum atomic E-state index is 11.7. The summed E-state index contributed by atoms with van der Waals surface area (Å²) in [5.74, 6) is 1.14. The first-order valence-corrected chi connectivity index (χ1v) is 13.0. The van der Waals surface area contributed by atoms with E-state index >= 15 is 0 Å². The molecular weight excluding hydrogens is 430 g/mol. The number of pyridine rings is 1. The van der Waals surface area contributed by atoms with E-state index in [1.54, 1.807) is 0 Å². The molecule has 0 amide bonds. The highest BCUT2D eigenvalue weighted by Crippen LogP contribution is 2.33. The first-order chi connectivity index (χ1) is 15.3. The van der Waals surface area contributed by atoms with E-state index in [0.29, 0.717) is 31.1 Å². The minimum Gasteiger partial charge on any atom is -0.382 e. The van der Waals surface area contributed by atoms with Crippen LogP contribution in [0.4, 0.5) is 5.82 Å². The van der Waals surface area contributed by atoms with E-state index in [0.717, 1.165) is 48.2 Å². The van der Waals surface area contributed by atoms with Gasteiger partial charge in [-0.1, -0.05) is 18.2 Å². The number of sulfone groups is 1. The van der Waals surface area contributed by atoms with Gasteiger partial charge in [-0.2, -0.15) is 0 Å². The molecule has 0 saturated carbocycles. The predicted octanol–water partition coefficient (Wildman–Crippen LogP) is 1.89. The summed E-state index contributed by atoms with van der Waals surface area (Å²) in [6.07, 6.45) is 2.77. The molecule has 0 bridgehead atoms. The summed E-state index contributed by atoms with van der Waals surface area (Å²) >= 11 is 0. The molecule has 0 radical (unpaired) electrons. The monoisotopic (exact) mass is 461 g/mol. The number of nitrogens with zero attached hydrogens (tertiary/aromatic N) is 3. The summed E-state index contributed by atoms with van der Waals surface area (Å²) in [4.78, 5) is 9.33. The number of nitrogen functional groups attached to an aromatic ring is 1. The number of hydrogen-bond donors (Lipinski definition) is 2.